The summed E-state index contributed by atoms with van der Waals surface area (Å²) >= 11 is 0. The predicted octanol–water partition coefficient (Wildman–Crippen LogP) is 4.21. The van der Waals surface area contributed by atoms with Crippen molar-refractivity contribution in [2.75, 3.05) is 6.54 Å². The molecule has 1 aromatic rings. The largest absolute Gasteiger partial charge is 0.444 e. The SMILES string of the molecule is CC(C)(C)OC(=O)N1C[C@H](O)CC1(c1cc(F)ccc1F)C(C)(C)C. The van der Waals surface area contributed by atoms with E-state index >= 15 is 0 Å². The maximum Gasteiger partial charge on any atom is 0.411 e. The summed E-state index contributed by atoms with van der Waals surface area (Å²) in [6, 6.07) is 3.20. The zero-order chi connectivity index (χ0) is 19.2. The number of aliphatic hydroxyl groups excluding tert-OH is 1. The van der Waals surface area contributed by atoms with E-state index in [2.05, 4.69) is 0 Å². The molecule has 1 aliphatic rings. The number of carbonyl (C=O) groups is 1. The molecule has 4 nitrogen and oxygen atoms in total. The van der Waals surface area contributed by atoms with E-state index < -0.39 is 40.4 Å². The van der Waals surface area contributed by atoms with Crippen LogP contribution in [0.3, 0.4) is 0 Å². The third-order valence-electron chi connectivity index (χ3n) is 4.61. The number of hydrogen-bond donors (Lipinski definition) is 1. The highest BCUT2D eigenvalue weighted by Gasteiger charge is 2.57. The Bertz CT molecular complexity index is 664. The van der Waals surface area contributed by atoms with Gasteiger partial charge in [0.25, 0.3) is 0 Å². The average Bonchev–Trinajstić information content (AvgIpc) is 2.78. The minimum atomic E-state index is -1.22. The molecular weight excluding hydrogens is 328 g/mol. The van der Waals surface area contributed by atoms with Crippen molar-refractivity contribution in [3.63, 3.8) is 0 Å². The lowest BCUT2D eigenvalue weighted by atomic mass is 9.67. The molecule has 1 fully saturated rings. The summed E-state index contributed by atoms with van der Waals surface area (Å²) in [5, 5.41) is 10.3. The monoisotopic (exact) mass is 355 g/mol. The molecule has 1 heterocycles. The second kappa shape index (κ2) is 6.24. The van der Waals surface area contributed by atoms with Gasteiger partial charge in [-0.2, -0.15) is 0 Å². The van der Waals surface area contributed by atoms with Crippen molar-refractivity contribution in [3.8, 4) is 0 Å². The number of ether oxygens (including phenoxy) is 1. The lowest BCUT2D eigenvalue weighted by Gasteiger charge is -2.48. The van der Waals surface area contributed by atoms with Crippen LogP contribution in [0.5, 0.6) is 0 Å². The summed E-state index contributed by atoms with van der Waals surface area (Å²) in [7, 11) is 0. The van der Waals surface area contributed by atoms with Crippen LogP contribution in [-0.2, 0) is 10.3 Å². The molecule has 1 N–H and O–H groups in total. The van der Waals surface area contributed by atoms with Gasteiger partial charge >= 0.3 is 6.09 Å². The van der Waals surface area contributed by atoms with Crippen molar-refractivity contribution in [1.82, 2.24) is 4.90 Å². The molecular formula is C19H27F2NO3. The van der Waals surface area contributed by atoms with E-state index in [4.69, 9.17) is 4.74 Å². The number of benzene rings is 1. The Morgan fingerprint density at radius 1 is 1.24 bits per heavy atom. The second-order valence-corrected chi connectivity index (χ2v) is 8.68. The number of likely N-dealkylation sites (tertiary alicyclic amines) is 1. The fraction of sp³-hybridized carbons (Fsp3) is 0.632. The van der Waals surface area contributed by atoms with Crippen LogP contribution in [-0.4, -0.2) is 34.3 Å². The number of aliphatic hydroxyl groups is 1. The Labute approximate surface area is 147 Å². The van der Waals surface area contributed by atoms with Crippen LogP contribution < -0.4 is 0 Å². The molecule has 140 valence electrons. The molecule has 0 aliphatic carbocycles. The molecule has 0 radical (unpaired) electrons. The van der Waals surface area contributed by atoms with E-state index in [1.54, 1.807) is 20.8 Å². The van der Waals surface area contributed by atoms with Crippen molar-refractivity contribution in [2.45, 2.75) is 65.2 Å². The highest BCUT2D eigenvalue weighted by molar-refractivity contribution is 5.71. The van der Waals surface area contributed by atoms with E-state index in [0.29, 0.717) is 0 Å². The fourth-order valence-electron chi connectivity index (χ4n) is 3.61. The number of amides is 1. The highest BCUT2D eigenvalue weighted by Crippen LogP contribution is 2.52. The van der Waals surface area contributed by atoms with E-state index in [9.17, 15) is 18.7 Å². The van der Waals surface area contributed by atoms with Crippen LogP contribution in [0.4, 0.5) is 13.6 Å². The Morgan fingerprint density at radius 2 is 1.84 bits per heavy atom. The highest BCUT2D eigenvalue weighted by atomic mass is 19.1. The van der Waals surface area contributed by atoms with Crippen LogP contribution >= 0.6 is 0 Å². The Hall–Kier alpha value is -1.69. The molecule has 0 aromatic heterocycles. The number of halogens is 2. The molecule has 0 saturated carbocycles. The van der Waals surface area contributed by atoms with Gasteiger partial charge in [0.05, 0.1) is 18.2 Å². The van der Waals surface area contributed by atoms with Gasteiger partial charge in [-0.3, -0.25) is 4.90 Å². The third-order valence-corrected chi connectivity index (χ3v) is 4.61. The summed E-state index contributed by atoms with van der Waals surface area (Å²) in [6.07, 6.45) is -1.40. The average molecular weight is 355 g/mol. The number of nitrogens with zero attached hydrogens (tertiary/aromatic N) is 1. The predicted molar refractivity (Wildman–Crippen MR) is 91.1 cm³/mol. The lowest BCUT2D eigenvalue weighted by Crippen LogP contribution is -2.54. The first-order chi connectivity index (χ1) is 11.3. The van der Waals surface area contributed by atoms with Crippen LogP contribution in [0.2, 0.25) is 0 Å². The number of rotatable bonds is 1. The summed E-state index contributed by atoms with van der Waals surface area (Å²) in [4.78, 5) is 14.2. The normalized spacial score (nSPS) is 24.5. The first-order valence-electron chi connectivity index (χ1n) is 8.42. The minimum Gasteiger partial charge on any atom is -0.444 e. The van der Waals surface area contributed by atoms with Gasteiger partial charge in [-0.25, -0.2) is 13.6 Å². The second-order valence-electron chi connectivity index (χ2n) is 8.68. The van der Waals surface area contributed by atoms with Crippen LogP contribution in [0.1, 0.15) is 53.5 Å². The van der Waals surface area contributed by atoms with Crippen LogP contribution in [0.15, 0.2) is 18.2 Å². The third kappa shape index (κ3) is 3.64. The van der Waals surface area contributed by atoms with Crippen molar-refractivity contribution in [1.29, 1.82) is 0 Å². The van der Waals surface area contributed by atoms with Gasteiger partial charge in [0, 0.05) is 12.0 Å². The molecule has 1 amide bonds. The van der Waals surface area contributed by atoms with Gasteiger partial charge in [0.15, 0.2) is 0 Å². The summed E-state index contributed by atoms with van der Waals surface area (Å²) < 4.78 is 34.0. The molecule has 0 spiro atoms. The van der Waals surface area contributed by atoms with Crippen LogP contribution in [0, 0.1) is 17.0 Å². The van der Waals surface area contributed by atoms with Crippen LogP contribution in [0.25, 0.3) is 0 Å². The lowest BCUT2D eigenvalue weighted by molar-refractivity contribution is -0.0236. The quantitative estimate of drug-likeness (QED) is 0.821. The van der Waals surface area contributed by atoms with Gasteiger partial charge in [0.1, 0.15) is 17.2 Å². The zero-order valence-electron chi connectivity index (χ0n) is 15.7. The van der Waals surface area contributed by atoms with Gasteiger partial charge in [-0.15, -0.1) is 0 Å². The molecule has 1 saturated heterocycles. The maximum atomic E-state index is 14.7. The number of carbonyl (C=O) groups excluding carboxylic acids is 1. The first kappa shape index (κ1) is 19.6. The molecule has 25 heavy (non-hydrogen) atoms. The molecule has 1 aliphatic heterocycles. The Balaban J connectivity index is 2.65. The smallest absolute Gasteiger partial charge is 0.411 e. The van der Waals surface area contributed by atoms with Gasteiger partial charge in [-0.1, -0.05) is 20.8 Å². The van der Waals surface area contributed by atoms with E-state index in [1.165, 1.54) is 4.90 Å². The van der Waals surface area contributed by atoms with E-state index in [1.807, 2.05) is 20.8 Å². The van der Waals surface area contributed by atoms with Gasteiger partial charge in [-0.05, 0) is 44.4 Å². The van der Waals surface area contributed by atoms with Crippen molar-refractivity contribution in [2.24, 2.45) is 5.41 Å². The summed E-state index contributed by atoms with van der Waals surface area (Å²) in [6.45, 7) is 10.7. The molecule has 1 unspecified atom stereocenters. The van der Waals surface area contributed by atoms with Gasteiger partial charge < -0.3 is 9.84 Å². The molecule has 0 bridgehead atoms. The number of β-amino-alcohol motifs (C(OH)–C–C–N with tert-alkyl or cyclic N) is 1. The standard InChI is InChI=1S/C19H27F2NO3/c1-17(2,3)19(14-9-12(20)7-8-15(14)21)10-13(23)11-22(19)16(24)25-18(4,5)6/h7-9,13,23H,10-11H2,1-6H3/t13-,19?/m1/s1. The van der Waals surface area contributed by atoms with E-state index in [0.717, 1.165) is 18.2 Å². The molecule has 1 aromatic carbocycles. The van der Waals surface area contributed by atoms with Crippen molar-refractivity contribution >= 4 is 6.09 Å². The summed E-state index contributed by atoms with van der Waals surface area (Å²) in [5.74, 6) is -1.20. The minimum absolute atomic E-state index is 0.00212. The molecule has 2 atom stereocenters. The zero-order valence-corrected chi connectivity index (χ0v) is 15.7. The Morgan fingerprint density at radius 3 is 2.36 bits per heavy atom. The molecule has 2 rings (SSSR count). The summed E-state index contributed by atoms with van der Waals surface area (Å²) in [5.41, 5.74) is -2.58. The maximum absolute atomic E-state index is 14.7. The molecule has 6 heteroatoms. The van der Waals surface area contributed by atoms with Crippen molar-refractivity contribution in [3.05, 3.63) is 35.4 Å². The van der Waals surface area contributed by atoms with E-state index in [-0.39, 0.29) is 18.5 Å². The van der Waals surface area contributed by atoms with Crippen molar-refractivity contribution < 1.29 is 23.4 Å². The van der Waals surface area contributed by atoms with Gasteiger partial charge in [0.2, 0.25) is 0 Å². The topological polar surface area (TPSA) is 49.8 Å². The Kier molecular flexibility index (Phi) is 4.90. The first-order valence-corrected chi connectivity index (χ1v) is 8.42. The fourth-order valence-corrected chi connectivity index (χ4v) is 3.61. The number of hydrogen-bond acceptors (Lipinski definition) is 3.